The van der Waals surface area contributed by atoms with Gasteiger partial charge in [-0.05, 0) is 32.0 Å². The third-order valence-corrected chi connectivity index (χ3v) is 5.11. The molecule has 2 rings (SSSR count). The third kappa shape index (κ3) is 3.20. The lowest BCUT2D eigenvalue weighted by Crippen LogP contribution is -2.23. The summed E-state index contributed by atoms with van der Waals surface area (Å²) in [5.74, 6) is 0. The first-order chi connectivity index (χ1) is 9.72. The molecule has 0 aliphatic carbocycles. The van der Waals surface area contributed by atoms with E-state index in [0.29, 0.717) is 5.69 Å². The van der Waals surface area contributed by atoms with E-state index in [-0.39, 0.29) is 16.5 Å². The van der Waals surface area contributed by atoms with Gasteiger partial charge in [0.15, 0.2) is 0 Å². The van der Waals surface area contributed by atoms with E-state index in [1.165, 1.54) is 18.2 Å². The van der Waals surface area contributed by atoms with Crippen molar-refractivity contribution in [3.63, 3.8) is 0 Å². The number of aryl methyl sites for hydroxylation is 2. The van der Waals surface area contributed by atoms with E-state index in [4.69, 9.17) is 17.3 Å². The van der Waals surface area contributed by atoms with Crippen LogP contribution in [0.1, 0.15) is 17.0 Å². The highest BCUT2D eigenvalue weighted by Gasteiger charge is 2.17. The van der Waals surface area contributed by atoms with Crippen LogP contribution in [0.5, 0.6) is 0 Å². The van der Waals surface area contributed by atoms with Crippen LogP contribution >= 0.6 is 11.6 Å². The molecular weight excluding hydrogens is 312 g/mol. The van der Waals surface area contributed by atoms with E-state index in [1.807, 2.05) is 20.9 Å². The normalized spacial score (nSPS) is 11.8. The number of nitrogen functional groups attached to an aromatic ring is 1. The Morgan fingerprint density at radius 1 is 1.38 bits per heavy atom. The Balaban J connectivity index is 2.23. The quantitative estimate of drug-likeness (QED) is 0.837. The topological polar surface area (TPSA) is 90.0 Å². The minimum absolute atomic E-state index is 0.0842. The van der Waals surface area contributed by atoms with E-state index < -0.39 is 10.0 Å². The fourth-order valence-corrected chi connectivity index (χ4v) is 3.27. The van der Waals surface area contributed by atoms with Crippen molar-refractivity contribution in [2.45, 2.75) is 25.3 Å². The van der Waals surface area contributed by atoms with E-state index in [0.717, 1.165) is 17.0 Å². The maximum Gasteiger partial charge on any atom is 0.240 e. The van der Waals surface area contributed by atoms with E-state index in [2.05, 4.69) is 9.82 Å². The Kier molecular flexibility index (Phi) is 4.27. The number of nitrogens with one attached hydrogen (secondary N) is 1. The number of sulfonamides is 1. The average molecular weight is 329 g/mol. The monoisotopic (exact) mass is 328 g/mol. The molecule has 6 nitrogen and oxygen atoms in total. The lowest BCUT2D eigenvalue weighted by Gasteiger charge is -2.08. The summed E-state index contributed by atoms with van der Waals surface area (Å²) in [7, 11) is -1.83. The van der Waals surface area contributed by atoms with Gasteiger partial charge in [-0.15, -0.1) is 0 Å². The fourth-order valence-electron chi connectivity index (χ4n) is 2.00. The van der Waals surface area contributed by atoms with Crippen LogP contribution in [0.3, 0.4) is 0 Å². The van der Waals surface area contributed by atoms with Gasteiger partial charge in [0, 0.05) is 24.8 Å². The zero-order valence-electron chi connectivity index (χ0n) is 12.0. The van der Waals surface area contributed by atoms with Crippen molar-refractivity contribution in [1.29, 1.82) is 0 Å². The molecule has 0 radical (unpaired) electrons. The molecule has 0 fully saturated rings. The number of benzene rings is 1. The third-order valence-electron chi connectivity index (χ3n) is 3.38. The van der Waals surface area contributed by atoms with Gasteiger partial charge in [-0.2, -0.15) is 5.10 Å². The Bertz CT molecular complexity index is 784. The highest BCUT2D eigenvalue weighted by atomic mass is 35.5. The molecule has 0 spiro atoms. The Hall–Kier alpha value is -1.57. The Morgan fingerprint density at radius 2 is 2.05 bits per heavy atom. The van der Waals surface area contributed by atoms with Crippen LogP contribution < -0.4 is 10.5 Å². The van der Waals surface area contributed by atoms with Crippen LogP contribution in [0.25, 0.3) is 0 Å². The van der Waals surface area contributed by atoms with Gasteiger partial charge in [-0.3, -0.25) is 4.68 Å². The first-order valence-electron chi connectivity index (χ1n) is 6.26. The van der Waals surface area contributed by atoms with Gasteiger partial charge < -0.3 is 5.73 Å². The summed E-state index contributed by atoms with van der Waals surface area (Å²) in [6, 6.07) is 4.23. The molecule has 1 aromatic heterocycles. The maximum absolute atomic E-state index is 12.3. The summed E-state index contributed by atoms with van der Waals surface area (Å²) >= 11 is 5.86. The van der Waals surface area contributed by atoms with Crippen molar-refractivity contribution >= 4 is 27.3 Å². The summed E-state index contributed by atoms with van der Waals surface area (Å²) in [5, 5.41) is 4.47. The molecule has 0 aliphatic heterocycles. The lowest BCUT2D eigenvalue weighted by atomic mass is 10.2. The van der Waals surface area contributed by atoms with Gasteiger partial charge in [-0.1, -0.05) is 11.6 Å². The zero-order valence-corrected chi connectivity index (χ0v) is 13.6. The summed E-state index contributed by atoms with van der Waals surface area (Å²) < 4.78 is 28.8. The molecular formula is C13H17ClN4O2S. The smallest absolute Gasteiger partial charge is 0.240 e. The summed E-state index contributed by atoms with van der Waals surface area (Å²) in [5.41, 5.74) is 8.51. The van der Waals surface area contributed by atoms with Crippen LogP contribution in [-0.4, -0.2) is 18.2 Å². The van der Waals surface area contributed by atoms with Crippen molar-refractivity contribution < 1.29 is 8.42 Å². The molecule has 8 heteroatoms. The summed E-state index contributed by atoms with van der Waals surface area (Å²) in [4.78, 5) is 0.0842. The highest BCUT2D eigenvalue weighted by molar-refractivity contribution is 7.89. The van der Waals surface area contributed by atoms with Crippen LogP contribution in [0, 0.1) is 13.8 Å². The molecule has 0 saturated heterocycles. The molecule has 0 atom stereocenters. The minimum Gasteiger partial charge on any atom is -0.398 e. The van der Waals surface area contributed by atoms with Gasteiger partial charge in [-0.25, -0.2) is 13.1 Å². The number of anilines is 1. The maximum atomic E-state index is 12.3. The van der Waals surface area contributed by atoms with Gasteiger partial charge >= 0.3 is 0 Å². The number of nitrogens with two attached hydrogens (primary N) is 1. The SMILES string of the molecule is Cc1nn(C)c(C)c1CNS(=O)(=O)c1ccc(N)c(Cl)c1. The second-order valence-electron chi connectivity index (χ2n) is 4.78. The van der Waals surface area contributed by atoms with Gasteiger partial charge in [0.2, 0.25) is 10.0 Å². The lowest BCUT2D eigenvalue weighted by molar-refractivity contribution is 0.581. The number of nitrogens with zero attached hydrogens (tertiary/aromatic N) is 2. The summed E-state index contributed by atoms with van der Waals surface area (Å²) in [6.45, 7) is 3.91. The fraction of sp³-hybridized carbons (Fsp3) is 0.308. The molecule has 21 heavy (non-hydrogen) atoms. The van der Waals surface area contributed by atoms with Crippen molar-refractivity contribution in [3.8, 4) is 0 Å². The summed E-state index contributed by atoms with van der Waals surface area (Å²) in [6.07, 6.45) is 0. The van der Waals surface area contributed by atoms with Gasteiger partial charge in [0.25, 0.3) is 0 Å². The van der Waals surface area contributed by atoms with Crippen molar-refractivity contribution in [2.24, 2.45) is 7.05 Å². The first kappa shape index (κ1) is 15.8. The number of hydrogen-bond acceptors (Lipinski definition) is 4. The predicted octanol–water partition coefficient (Wildman–Crippen LogP) is 1.75. The number of rotatable bonds is 4. The molecule has 1 heterocycles. The molecule has 0 saturated carbocycles. The van der Waals surface area contributed by atoms with E-state index in [9.17, 15) is 8.42 Å². The van der Waals surface area contributed by atoms with E-state index >= 15 is 0 Å². The van der Waals surface area contributed by atoms with Gasteiger partial charge in [0.1, 0.15) is 0 Å². The molecule has 2 aromatic rings. The van der Waals surface area contributed by atoms with Crippen LogP contribution in [0.4, 0.5) is 5.69 Å². The molecule has 0 amide bonds. The minimum atomic E-state index is -3.65. The number of hydrogen-bond donors (Lipinski definition) is 2. The standard InChI is InChI=1S/C13H17ClN4O2S/c1-8-11(9(2)18(3)17-8)7-16-21(19,20)10-4-5-13(15)12(14)6-10/h4-6,16H,7,15H2,1-3H3. The second-order valence-corrected chi connectivity index (χ2v) is 6.96. The highest BCUT2D eigenvalue weighted by Crippen LogP contribution is 2.22. The molecule has 1 aromatic carbocycles. The largest absolute Gasteiger partial charge is 0.398 e. The van der Waals surface area contributed by atoms with Crippen molar-refractivity contribution in [2.75, 3.05) is 5.73 Å². The van der Waals surface area contributed by atoms with Crippen molar-refractivity contribution in [3.05, 3.63) is 40.2 Å². The van der Waals surface area contributed by atoms with Crippen LogP contribution in [0.15, 0.2) is 23.1 Å². The molecule has 0 aliphatic rings. The Morgan fingerprint density at radius 3 is 2.57 bits per heavy atom. The molecule has 0 bridgehead atoms. The average Bonchev–Trinajstić information content (AvgIpc) is 2.64. The van der Waals surface area contributed by atoms with Crippen LogP contribution in [0.2, 0.25) is 5.02 Å². The van der Waals surface area contributed by atoms with Crippen molar-refractivity contribution in [1.82, 2.24) is 14.5 Å². The van der Waals surface area contributed by atoms with E-state index in [1.54, 1.807) is 4.68 Å². The number of aromatic nitrogens is 2. The number of halogens is 1. The molecule has 0 unspecified atom stereocenters. The first-order valence-corrected chi connectivity index (χ1v) is 8.12. The van der Waals surface area contributed by atoms with Gasteiger partial charge in [0.05, 0.1) is 21.3 Å². The Labute approximate surface area is 129 Å². The molecule has 114 valence electrons. The zero-order chi connectivity index (χ0) is 15.8. The predicted molar refractivity (Wildman–Crippen MR) is 82.6 cm³/mol. The second kappa shape index (κ2) is 5.67. The van der Waals surface area contributed by atoms with Crippen LogP contribution in [-0.2, 0) is 23.6 Å². The molecule has 3 N–H and O–H groups in total.